The van der Waals surface area contributed by atoms with Gasteiger partial charge in [-0.1, -0.05) is 18.0 Å². The molecule has 0 unspecified atom stereocenters. The van der Waals surface area contributed by atoms with Gasteiger partial charge in [0.05, 0.1) is 5.02 Å². The van der Waals surface area contributed by atoms with Crippen molar-refractivity contribution < 1.29 is 9.90 Å². The van der Waals surface area contributed by atoms with Gasteiger partial charge in [0.25, 0.3) is 0 Å². The van der Waals surface area contributed by atoms with Gasteiger partial charge >= 0.3 is 5.97 Å². The van der Waals surface area contributed by atoms with Crippen molar-refractivity contribution >= 4 is 23.4 Å². The molecule has 16 heavy (non-hydrogen) atoms. The quantitative estimate of drug-likeness (QED) is 0.849. The molecule has 0 radical (unpaired) electrons. The molecule has 1 aliphatic carbocycles. The van der Waals surface area contributed by atoms with Crippen LogP contribution in [-0.4, -0.2) is 22.6 Å². The molecule has 0 amide bonds. The number of nitrogens with zero attached hydrogens (tertiary/aromatic N) is 1. The van der Waals surface area contributed by atoms with Gasteiger partial charge in [-0.25, -0.2) is 9.78 Å². The summed E-state index contributed by atoms with van der Waals surface area (Å²) >= 11 is 5.72. The van der Waals surface area contributed by atoms with E-state index in [-0.39, 0.29) is 10.7 Å². The minimum Gasteiger partial charge on any atom is -0.476 e. The van der Waals surface area contributed by atoms with Crippen molar-refractivity contribution in [2.75, 3.05) is 11.9 Å². The molecular formula is C11H13ClN2O2. The fourth-order valence-corrected chi connectivity index (χ4v) is 1.82. The molecule has 5 heteroatoms. The molecular weight excluding hydrogens is 228 g/mol. The Morgan fingerprint density at radius 2 is 2.31 bits per heavy atom. The van der Waals surface area contributed by atoms with Crippen molar-refractivity contribution in [2.24, 2.45) is 5.92 Å². The van der Waals surface area contributed by atoms with Crippen LogP contribution in [-0.2, 0) is 0 Å². The number of rotatable bonds is 4. The molecule has 1 aromatic rings. The lowest BCUT2D eigenvalue weighted by Gasteiger charge is -2.25. The molecule has 2 N–H and O–H groups in total. The Morgan fingerprint density at radius 3 is 2.88 bits per heavy atom. The molecule has 4 nitrogen and oxygen atoms in total. The molecule has 86 valence electrons. The van der Waals surface area contributed by atoms with E-state index < -0.39 is 5.97 Å². The smallest absolute Gasteiger partial charge is 0.356 e. The average molecular weight is 241 g/mol. The van der Waals surface area contributed by atoms with Crippen molar-refractivity contribution in [3.05, 3.63) is 22.8 Å². The van der Waals surface area contributed by atoms with Gasteiger partial charge < -0.3 is 10.4 Å². The molecule has 0 atom stereocenters. The lowest BCUT2D eigenvalue weighted by molar-refractivity contribution is 0.0691. The van der Waals surface area contributed by atoms with E-state index in [0.29, 0.717) is 11.7 Å². The normalized spacial score (nSPS) is 15.6. The highest BCUT2D eigenvalue weighted by atomic mass is 35.5. The highest BCUT2D eigenvalue weighted by Crippen LogP contribution is 2.26. The van der Waals surface area contributed by atoms with Crippen LogP contribution in [0, 0.1) is 5.92 Å². The van der Waals surface area contributed by atoms with E-state index in [1.54, 1.807) is 12.1 Å². The van der Waals surface area contributed by atoms with Crippen LogP contribution in [0.1, 0.15) is 29.8 Å². The Hall–Kier alpha value is -1.29. The molecule has 0 aliphatic heterocycles. The Balaban J connectivity index is 2.03. The third-order valence-corrected chi connectivity index (χ3v) is 3.15. The fourth-order valence-electron chi connectivity index (χ4n) is 1.64. The van der Waals surface area contributed by atoms with Gasteiger partial charge in [-0.05, 0) is 30.9 Å². The second kappa shape index (κ2) is 4.70. The van der Waals surface area contributed by atoms with Crippen molar-refractivity contribution in [2.45, 2.75) is 19.3 Å². The number of pyridine rings is 1. The largest absolute Gasteiger partial charge is 0.476 e. The predicted octanol–water partition coefficient (Wildman–Crippen LogP) is 2.65. The molecule has 1 saturated carbocycles. The maximum atomic E-state index is 10.8. The first-order chi connectivity index (χ1) is 7.66. The second-order valence-corrected chi connectivity index (χ2v) is 4.42. The van der Waals surface area contributed by atoms with Crippen LogP contribution in [0.5, 0.6) is 0 Å². The molecule has 1 heterocycles. The first-order valence-electron chi connectivity index (χ1n) is 5.30. The van der Waals surface area contributed by atoms with Crippen LogP contribution in [0.3, 0.4) is 0 Å². The van der Waals surface area contributed by atoms with E-state index in [1.165, 1.54) is 19.3 Å². The first kappa shape index (κ1) is 11.2. The molecule has 0 saturated heterocycles. The molecule has 1 aliphatic rings. The molecule has 0 spiro atoms. The molecule has 1 aromatic heterocycles. The van der Waals surface area contributed by atoms with E-state index in [2.05, 4.69) is 10.3 Å². The highest BCUT2D eigenvalue weighted by Gasteiger charge is 2.17. The number of hydrogen-bond donors (Lipinski definition) is 2. The van der Waals surface area contributed by atoms with Gasteiger partial charge in [0.15, 0.2) is 5.69 Å². The third-order valence-electron chi connectivity index (χ3n) is 2.85. The number of halogens is 1. The SMILES string of the molecule is O=C(O)c1nc(NCC2CCC2)ccc1Cl. The van der Waals surface area contributed by atoms with Gasteiger partial charge in [0.2, 0.25) is 0 Å². The first-order valence-corrected chi connectivity index (χ1v) is 5.68. The van der Waals surface area contributed by atoms with Crippen LogP contribution in [0.4, 0.5) is 5.82 Å². The Morgan fingerprint density at radius 1 is 1.56 bits per heavy atom. The van der Waals surface area contributed by atoms with Crippen LogP contribution < -0.4 is 5.32 Å². The number of nitrogens with one attached hydrogen (secondary N) is 1. The topological polar surface area (TPSA) is 62.2 Å². The zero-order valence-corrected chi connectivity index (χ0v) is 9.50. The number of carbonyl (C=O) groups is 1. The number of aromatic nitrogens is 1. The summed E-state index contributed by atoms with van der Waals surface area (Å²) in [4.78, 5) is 14.8. The third kappa shape index (κ3) is 2.44. The van der Waals surface area contributed by atoms with Crippen molar-refractivity contribution in [3.8, 4) is 0 Å². The fraction of sp³-hybridized carbons (Fsp3) is 0.455. The number of carboxylic acid groups (broad SMARTS) is 1. The van der Waals surface area contributed by atoms with Crippen LogP contribution in [0.2, 0.25) is 5.02 Å². The second-order valence-electron chi connectivity index (χ2n) is 4.01. The van der Waals surface area contributed by atoms with E-state index in [1.807, 2.05) is 0 Å². The van der Waals surface area contributed by atoms with Crippen LogP contribution >= 0.6 is 11.6 Å². The molecule has 2 rings (SSSR count). The van der Waals surface area contributed by atoms with Gasteiger partial charge in [-0.15, -0.1) is 0 Å². The van der Waals surface area contributed by atoms with Crippen LogP contribution in [0.15, 0.2) is 12.1 Å². The summed E-state index contributed by atoms with van der Waals surface area (Å²) < 4.78 is 0. The average Bonchev–Trinajstić information content (AvgIpc) is 2.17. The monoisotopic (exact) mass is 240 g/mol. The Labute approximate surface area is 98.6 Å². The van der Waals surface area contributed by atoms with E-state index >= 15 is 0 Å². The van der Waals surface area contributed by atoms with Gasteiger partial charge in [-0.2, -0.15) is 0 Å². The minimum atomic E-state index is -1.10. The van der Waals surface area contributed by atoms with Crippen molar-refractivity contribution in [1.29, 1.82) is 0 Å². The number of hydrogen-bond acceptors (Lipinski definition) is 3. The lowest BCUT2D eigenvalue weighted by Crippen LogP contribution is -2.21. The summed E-state index contributed by atoms with van der Waals surface area (Å²) in [6, 6.07) is 3.26. The summed E-state index contributed by atoms with van der Waals surface area (Å²) in [5, 5.41) is 12.2. The summed E-state index contributed by atoms with van der Waals surface area (Å²) in [6.45, 7) is 0.855. The maximum Gasteiger partial charge on any atom is 0.356 e. The Kier molecular flexibility index (Phi) is 3.29. The van der Waals surface area contributed by atoms with E-state index in [4.69, 9.17) is 16.7 Å². The number of aromatic carboxylic acids is 1. The zero-order chi connectivity index (χ0) is 11.5. The van der Waals surface area contributed by atoms with Crippen molar-refractivity contribution in [1.82, 2.24) is 4.98 Å². The minimum absolute atomic E-state index is 0.0970. The zero-order valence-electron chi connectivity index (χ0n) is 8.74. The number of anilines is 1. The molecule has 1 fully saturated rings. The van der Waals surface area contributed by atoms with E-state index in [0.717, 1.165) is 6.54 Å². The van der Waals surface area contributed by atoms with Crippen LogP contribution in [0.25, 0.3) is 0 Å². The van der Waals surface area contributed by atoms with Gasteiger partial charge in [0.1, 0.15) is 5.82 Å². The van der Waals surface area contributed by atoms with Crippen molar-refractivity contribution in [3.63, 3.8) is 0 Å². The summed E-state index contributed by atoms with van der Waals surface area (Å²) in [5.41, 5.74) is -0.0970. The summed E-state index contributed by atoms with van der Waals surface area (Å²) in [5.74, 6) is 0.178. The standard InChI is InChI=1S/C11H13ClN2O2/c12-8-4-5-9(14-10(8)11(15)16)13-6-7-2-1-3-7/h4-5,7H,1-3,6H2,(H,13,14)(H,15,16). The predicted molar refractivity (Wildman–Crippen MR) is 62.0 cm³/mol. The molecule has 0 bridgehead atoms. The Bertz CT molecular complexity index is 405. The summed E-state index contributed by atoms with van der Waals surface area (Å²) in [7, 11) is 0. The van der Waals surface area contributed by atoms with Gasteiger partial charge in [0, 0.05) is 6.54 Å². The molecule has 0 aromatic carbocycles. The maximum absolute atomic E-state index is 10.8. The highest BCUT2D eigenvalue weighted by molar-refractivity contribution is 6.33. The number of carboxylic acids is 1. The summed E-state index contributed by atoms with van der Waals surface area (Å²) in [6.07, 6.45) is 3.78. The van der Waals surface area contributed by atoms with Gasteiger partial charge in [-0.3, -0.25) is 0 Å². The lowest BCUT2D eigenvalue weighted by atomic mass is 9.85. The van der Waals surface area contributed by atoms with E-state index in [9.17, 15) is 4.79 Å².